The lowest BCUT2D eigenvalue weighted by Crippen LogP contribution is -1.96. The Morgan fingerprint density at radius 2 is 2.12 bits per heavy atom. The number of fused-ring (bicyclic) bond motifs is 1. The summed E-state index contributed by atoms with van der Waals surface area (Å²) in [4.78, 5) is 0. The number of hydrogen-bond donors (Lipinski definition) is 1. The summed E-state index contributed by atoms with van der Waals surface area (Å²) in [6.07, 6.45) is 2.24. The number of rotatable bonds is 4. The molecule has 1 heterocycles. The summed E-state index contributed by atoms with van der Waals surface area (Å²) in [5.74, 6) is 1.08. The topological polar surface area (TPSA) is 30.9 Å². The summed E-state index contributed by atoms with van der Waals surface area (Å²) in [5, 5.41) is 2.03. The van der Waals surface area contributed by atoms with Crippen molar-refractivity contribution in [2.24, 2.45) is 12.8 Å². The number of thioether (sulfide) groups is 1. The third kappa shape index (κ3) is 2.67. The maximum Gasteiger partial charge on any atom is 0.0484 e. The smallest absolute Gasteiger partial charge is 0.0484 e. The Labute approximate surface area is 107 Å². The molecule has 0 aliphatic rings. The summed E-state index contributed by atoms with van der Waals surface area (Å²) in [6.45, 7) is 5.09. The van der Waals surface area contributed by atoms with Gasteiger partial charge in [-0.1, -0.05) is 26.0 Å². The molecule has 1 aromatic carbocycles. The van der Waals surface area contributed by atoms with Crippen LogP contribution in [0, 0.1) is 0 Å². The molecule has 0 spiro atoms. The molecule has 0 aliphatic carbocycles. The maximum absolute atomic E-state index is 5.68. The van der Waals surface area contributed by atoms with Gasteiger partial charge in [-0.2, -0.15) is 11.8 Å². The number of nitrogens with zero attached hydrogens (tertiary/aromatic N) is 1. The molecule has 0 atom stereocenters. The normalized spacial score (nSPS) is 11.6. The van der Waals surface area contributed by atoms with Crippen molar-refractivity contribution in [1.29, 1.82) is 0 Å². The fraction of sp³-hybridized carbons (Fsp3) is 0.429. The van der Waals surface area contributed by atoms with Crippen LogP contribution in [0.5, 0.6) is 0 Å². The second kappa shape index (κ2) is 5.15. The van der Waals surface area contributed by atoms with Crippen molar-refractivity contribution >= 4 is 22.7 Å². The van der Waals surface area contributed by atoms with E-state index in [2.05, 4.69) is 49.9 Å². The molecule has 1 aromatic heterocycles. The highest BCUT2D eigenvalue weighted by molar-refractivity contribution is 7.99. The largest absolute Gasteiger partial charge is 0.350 e. The molecule has 92 valence electrons. The van der Waals surface area contributed by atoms with Crippen LogP contribution in [0.25, 0.3) is 10.9 Å². The standard InChI is InChI=1S/C14H20N2S/c1-10(2)17-9-12-8-16(3)14-6-11(7-15)4-5-13(12)14/h4-6,8,10H,7,9,15H2,1-3H3. The summed E-state index contributed by atoms with van der Waals surface area (Å²) < 4.78 is 2.20. The predicted molar refractivity (Wildman–Crippen MR) is 77.2 cm³/mol. The van der Waals surface area contributed by atoms with Crippen LogP contribution in [0.15, 0.2) is 24.4 Å². The molecule has 3 heteroatoms. The van der Waals surface area contributed by atoms with Crippen LogP contribution < -0.4 is 5.73 Å². The van der Waals surface area contributed by atoms with Crippen molar-refractivity contribution in [2.75, 3.05) is 0 Å². The van der Waals surface area contributed by atoms with E-state index in [1.165, 1.54) is 22.0 Å². The molecule has 2 nitrogen and oxygen atoms in total. The first-order valence-corrected chi connectivity index (χ1v) is 7.05. The summed E-state index contributed by atoms with van der Waals surface area (Å²) >= 11 is 1.98. The predicted octanol–water partition coefficient (Wildman–Crippen LogP) is 3.28. The molecule has 0 saturated carbocycles. The molecule has 17 heavy (non-hydrogen) atoms. The van der Waals surface area contributed by atoms with Crippen molar-refractivity contribution in [1.82, 2.24) is 4.57 Å². The van der Waals surface area contributed by atoms with Crippen LogP contribution in [0.4, 0.5) is 0 Å². The fourth-order valence-corrected chi connectivity index (χ4v) is 2.75. The average Bonchev–Trinajstić information content (AvgIpc) is 2.63. The number of benzene rings is 1. The monoisotopic (exact) mass is 248 g/mol. The summed E-state index contributed by atoms with van der Waals surface area (Å²) in [5.41, 5.74) is 9.58. The zero-order valence-electron chi connectivity index (χ0n) is 10.7. The van der Waals surface area contributed by atoms with E-state index in [9.17, 15) is 0 Å². The minimum absolute atomic E-state index is 0.608. The third-order valence-corrected chi connectivity index (χ3v) is 4.09. The third-order valence-electron chi connectivity index (χ3n) is 2.95. The Hall–Kier alpha value is -0.930. The van der Waals surface area contributed by atoms with E-state index in [1.54, 1.807) is 0 Å². The lowest BCUT2D eigenvalue weighted by Gasteiger charge is -2.03. The van der Waals surface area contributed by atoms with Gasteiger partial charge in [0.15, 0.2) is 0 Å². The molecule has 2 rings (SSSR count). The number of aromatic nitrogens is 1. The van der Waals surface area contributed by atoms with E-state index in [0.717, 1.165) is 5.75 Å². The van der Waals surface area contributed by atoms with Gasteiger partial charge in [0.05, 0.1) is 0 Å². The highest BCUT2D eigenvalue weighted by Crippen LogP contribution is 2.26. The quantitative estimate of drug-likeness (QED) is 0.900. The lowest BCUT2D eigenvalue weighted by atomic mass is 10.1. The van der Waals surface area contributed by atoms with Crippen molar-refractivity contribution in [3.8, 4) is 0 Å². The number of aryl methyl sites for hydroxylation is 1. The van der Waals surface area contributed by atoms with Crippen molar-refractivity contribution in [3.05, 3.63) is 35.5 Å². The van der Waals surface area contributed by atoms with Gasteiger partial charge in [0, 0.05) is 36.4 Å². The van der Waals surface area contributed by atoms with E-state index >= 15 is 0 Å². The molecule has 0 saturated heterocycles. The zero-order chi connectivity index (χ0) is 12.4. The van der Waals surface area contributed by atoms with Crippen LogP contribution in [0.2, 0.25) is 0 Å². The first kappa shape index (κ1) is 12.5. The Kier molecular flexibility index (Phi) is 3.79. The second-order valence-corrected chi connectivity index (χ2v) is 6.25. The fourth-order valence-electron chi connectivity index (χ4n) is 2.01. The molecule has 0 amide bonds. The van der Waals surface area contributed by atoms with E-state index in [-0.39, 0.29) is 0 Å². The van der Waals surface area contributed by atoms with Crippen LogP contribution in [0.1, 0.15) is 25.0 Å². The van der Waals surface area contributed by atoms with E-state index < -0.39 is 0 Å². The molecule has 0 fully saturated rings. The Morgan fingerprint density at radius 3 is 2.76 bits per heavy atom. The van der Waals surface area contributed by atoms with E-state index in [4.69, 9.17) is 5.73 Å². The van der Waals surface area contributed by atoms with Crippen LogP contribution in [-0.2, 0) is 19.3 Å². The summed E-state index contributed by atoms with van der Waals surface area (Å²) in [7, 11) is 2.10. The summed E-state index contributed by atoms with van der Waals surface area (Å²) in [6, 6.07) is 6.53. The minimum Gasteiger partial charge on any atom is -0.350 e. The van der Waals surface area contributed by atoms with E-state index in [0.29, 0.717) is 11.8 Å². The van der Waals surface area contributed by atoms with Gasteiger partial charge in [0.25, 0.3) is 0 Å². The molecule has 0 aliphatic heterocycles. The van der Waals surface area contributed by atoms with Crippen LogP contribution in [-0.4, -0.2) is 9.82 Å². The van der Waals surface area contributed by atoms with Gasteiger partial charge in [0.2, 0.25) is 0 Å². The molecule has 0 unspecified atom stereocenters. The number of nitrogens with two attached hydrogens (primary N) is 1. The zero-order valence-corrected chi connectivity index (χ0v) is 11.6. The van der Waals surface area contributed by atoms with Crippen LogP contribution in [0.3, 0.4) is 0 Å². The van der Waals surface area contributed by atoms with Crippen molar-refractivity contribution in [2.45, 2.75) is 31.4 Å². The van der Waals surface area contributed by atoms with Crippen LogP contribution >= 0.6 is 11.8 Å². The molecule has 0 radical (unpaired) electrons. The maximum atomic E-state index is 5.68. The second-order valence-electron chi connectivity index (χ2n) is 4.68. The molecule has 2 N–H and O–H groups in total. The minimum atomic E-state index is 0.608. The van der Waals surface area contributed by atoms with Crippen molar-refractivity contribution in [3.63, 3.8) is 0 Å². The Balaban J connectivity index is 2.38. The molecule has 0 bridgehead atoms. The number of hydrogen-bond acceptors (Lipinski definition) is 2. The Morgan fingerprint density at radius 1 is 1.35 bits per heavy atom. The van der Waals surface area contributed by atoms with Gasteiger partial charge in [-0.15, -0.1) is 0 Å². The lowest BCUT2D eigenvalue weighted by molar-refractivity contribution is 0.959. The first-order valence-electron chi connectivity index (χ1n) is 6.00. The van der Waals surface area contributed by atoms with Gasteiger partial charge in [-0.25, -0.2) is 0 Å². The first-order chi connectivity index (χ1) is 8.11. The van der Waals surface area contributed by atoms with Gasteiger partial charge in [-0.3, -0.25) is 0 Å². The Bertz CT molecular complexity index is 514. The molecular weight excluding hydrogens is 228 g/mol. The molecular formula is C14H20N2S. The van der Waals surface area contributed by atoms with Gasteiger partial charge in [0.1, 0.15) is 0 Å². The van der Waals surface area contributed by atoms with Gasteiger partial charge >= 0.3 is 0 Å². The highest BCUT2D eigenvalue weighted by atomic mass is 32.2. The van der Waals surface area contributed by atoms with Crippen molar-refractivity contribution < 1.29 is 0 Å². The highest BCUT2D eigenvalue weighted by Gasteiger charge is 2.07. The average molecular weight is 248 g/mol. The van der Waals surface area contributed by atoms with E-state index in [1.807, 2.05) is 11.8 Å². The molecule has 2 aromatic rings. The van der Waals surface area contributed by atoms with Gasteiger partial charge in [-0.05, 0) is 22.4 Å². The van der Waals surface area contributed by atoms with Gasteiger partial charge < -0.3 is 10.3 Å². The SMILES string of the molecule is CC(C)SCc1cn(C)c2cc(CN)ccc12.